The molecule has 0 unspecified atom stereocenters. The molecule has 29 heavy (non-hydrogen) atoms. The maximum absolute atomic E-state index is 10.3. The highest BCUT2D eigenvalue weighted by atomic mass is 32.2. The molecule has 6 nitrogen and oxygen atoms in total. The molecule has 3 N–H and O–H groups in total. The SMILES string of the molecule is CC(=N/NC(=S)Nc1ccc(C)cc1)/C(C#N)=C1\SC=C(O)N1c1ccccc1. The molecule has 0 atom stereocenters. The number of thioether (sulfide) groups is 1. The number of hydrogen-bond donors (Lipinski definition) is 3. The van der Waals surface area contributed by atoms with Crippen LogP contribution in [0.15, 0.2) is 81.6 Å². The number of aliphatic hydroxyl groups excluding tert-OH is 1. The number of hydrazone groups is 1. The molecular weight excluding hydrogens is 402 g/mol. The molecule has 146 valence electrons. The topological polar surface area (TPSA) is 83.7 Å². The third kappa shape index (κ3) is 4.96. The number of allylic oxidation sites excluding steroid dienone is 1. The number of nitriles is 1. The number of nitrogens with one attached hydrogen (secondary N) is 2. The maximum atomic E-state index is 10.3. The van der Waals surface area contributed by atoms with Crippen LogP contribution in [0.5, 0.6) is 0 Å². The lowest BCUT2D eigenvalue weighted by molar-refractivity contribution is 0.404. The Morgan fingerprint density at radius 3 is 2.52 bits per heavy atom. The van der Waals surface area contributed by atoms with Crippen LogP contribution in [0.4, 0.5) is 11.4 Å². The van der Waals surface area contributed by atoms with Crippen molar-refractivity contribution in [1.29, 1.82) is 5.26 Å². The number of para-hydroxylation sites is 1. The van der Waals surface area contributed by atoms with Gasteiger partial charge in [-0.1, -0.05) is 47.7 Å². The molecule has 0 spiro atoms. The van der Waals surface area contributed by atoms with E-state index in [9.17, 15) is 10.4 Å². The normalized spacial score (nSPS) is 15.4. The number of anilines is 2. The number of aliphatic hydroxyl groups is 1. The first kappa shape index (κ1) is 20.5. The summed E-state index contributed by atoms with van der Waals surface area (Å²) in [6.07, 6.45) is 0. The first-order valence-corrected chi connectivity index (χ1v) is 10.0. The van der Waals surface area contributed by atoms with Gasteiger partial charge in [0.25, 0.3) is 0 Å². The van der Waals surface area contributed by atoms with Crippen LogP contribution in [0.2, 0.25) is 0 Å². The molecule has 0 aliphatic carbocycles. The van der Waals surface area contributed by atoms with Gasteiger partial charge in [0.2, 0.25) is 5.88 Å². The third-order valence-electron chi connectivity index (χ3n) is 4.04. The summed E-state index contributed by atoms with van der Waals surface area (Å²) >= 11 is 6.54. The lowest BCUT2D eigenvalue weighted by Gasteiger charge is -2.21. The molecular formula is C21H19N5OS2. The van der Waals surface area contributed by atoms with Gasteiger partial charge in [0, 0.05) is 16.8 Å². The highest BCUT2D eigenvalue weighted by Gasteiger charge is 2.27. The third-order valence-corrected chi connectivity index (χ3v) is 5.18. The van der Waals surface area contributed by atoms with E-state index < -0.39 is 0 Å². The van der Waals surface area contributed by atoms with Gasteiger partial charge in [0.05, 0.1) is 5.71 Å². The summed E-state index contributed by atoms with van der Waals surface area (Å²) in [6, 6.07) is 19.3. The quantitative estimate of drug-likeness (QED) is 0.277. The van der Waals surface area contributed by atoms with Gasteiger partial charge in [-0.15, -0.1) is 0 Å². The number of nitrogens with zero attached hydrogens (tertiary/aromatic N) is 3. The average Bonchev–Trinajstić information content (AvgIpc) is 3.10. The van der Waals surface area contributed by atoms with Crippen LogP contribution in [0.25, 0.3) is 0 Å². The van der Waals surface area contributed by atoms with Crippen LogP contribution in [0, 0.1) is 18.3 Å². The lowest BCUT2D eigenvalue weighted by Crippen LogP contribution is -2.25. The number of hydrogen-bond acceptors (Lipinski definition) is 6. The Morgan fingerprint density at radius 1 is 1.17 bits per heavy atom. The molecule has 2 aromatic carbocycles. The zero-order valence-electron chi connectivity index (χ0n) is 15.9. The van der Waals surface area contributed by atoms with Crippen molar-refractivity contribution < 1.29 is 5.11 Å². The van der Waals surface area contributed by atoms with Gasteiger partial charge in [-0.3, -0.25) is 10.3 Å². The molecule has 0 saturated heterocycles. The van der Waals surface area contributed by atoms with Gasteiger partial charge in [-0.25, -0.2) is 0 Å². The second-order valence-corrected chi connectivity index (χ2v) is 7.45. The molecule has 3 rings (SSSR count). The first-order chi connectivity index (χ1) is 14.0. The Bertz CT molecular complexity index is 1040. The van der Waals surface area contributed by atoms with Gasteiger partial charge in [-0.05, 0) is 50.3 Å². The molecule has 0 radical (unpaired) electrons. The van der Waals surface area contributed by atoms with Crippen molar-refractivity contribution in [1.82, 2.24) is 5.43 Å². The summed E-state index contributed by atoms with van der Waals surface area (Å²) in [5.41, 5.74) is 6.31. The Balaban J connectivity index is 1.78. The van der Waals surface area contributed by atoms with Crippen LogP contribution in [-0.4, -0.2) is 15.9 Å². The molecule has 0 amide bonds. The molecule has 2 aromatic rings. The molecule has 0 saturated carbocycles. The first-order valence-electron chi connectivity index (χ1n) is 8.73. The summed E-state index contributed by atoms with van der Waals surface area (Å²) in [5.74, 6) is 0.0567. The molecule has 0 bridgehead atoms. The largest absolute Gasteiger partial charge is 0.494 e. The molecule has 1 aliphatic heterocycles. The minimum Gasteiger partial charge on any atom is -0.494 e. The zero-order valence-corrected chi connectivity index (χ0v) is 17.5. The number of thiocarbonyl (C=S) groups is 1. The van der Waals surface area contributed by atoms with Crippen molar-refractivity contribution in [2.45, 2.75) is 13.8 Å². The van der Waals surface area contributed by atoms with E-state index in [0.29, 0.717) is 21.4 Å². The summed E-state index contributed by atoms with van der Waals surface area (Å²) < 4.78 is 0. The van der Waals surface area contributed by atoms with E-state index in [1.54, 1.807) is 17.2 Å². The van der Waals surface area contributed by atoms with E-state index in [4.69, 9.17) is 12.2 Å². The van der Waals surface area contributed by atoms with Gasteiger partial charge >= 0.3 is 0 Å². The number of aryl methyl sites for hydroxylation is 1. The van der Waals surface area contributed by atoms with E-state index in [1.807, 2.05) is 61.5 Å². The van der Waals surface area contributed by atoms with E-state index in [2.05, 4.69) is 21.9 Å². The second-order valence-electron chi connectivity index (χ2n) is 6.19. The van der Waals surface area contributed by atoms with Crippen molar-refractivity contribution in [2.75, 3.05) is 10.2 Å². The summed E-state index contributed by atoms with van der Waals surface area (Å²) in [6.45, 7) is 3.73. The fraction of sp³-hybridized carbons (Fsp3) is 0.0952. The Kier molecular flexibility index (Phi) is 6.54. The van der Waals surface area contributed by atoms with Crippen molar-refractivity contribution in [3.8, 4) is 6.07 Å². The monoisotopic (exact) mass is 421 g/mol. The van der Waals surface area contributed by atoms with Crippen LogP contribution in [0.3, 0.4) is 0 Å². The Morgan fingerprint density at radius 2 is 1.86 bits per heavy atom. The smallest absolute Gasteiger partial charge is 0.203 e. The number of rotatable bonds is 4. The summed E-state index contributed by atoms with van der Waals surface area (Å²) in [5, 5.41) is 29.8. The molecule has 1 aliphatic rings. The van der Waals surface area contributed by atoms with E-state index >= 15 is 0 Å². The molecule has 0 fully saturated rings. The fourth-order valence-electron chi connectivity index (χ4n) is 2.59. The zero-order chi connectivity index (χ0) is 20.8. The second kappa shape index (κ2) is 9.28. The van der Waals surface area contributed by atoms with Crippen LogP contribution in [-0.2, 0) is 0 Å². The van der Waals surface area contributed by atoms with E-state index in [1.165, 1.54) is 11.8 Å². The number of benzene rings is 2. The fourth-order valence-corrected chi connectivity index (χ4v) is 3.69. The highest BCUT2D eigenvalue weighted by molar-refractivity contribution is 8.06. The van der Waals surface area contributed by atoms with Crippen molar-refractivity contribution in [2.24, 2.45) is 5.10 Å². The van der Waals surface area contributed by atoms with Crippen molar-refractivity contribution in [3.63, 3.8) is 0 Å². The highest BCUT2D eigenvalue weighted by Crippen LogP contribution is 2.39. The maximum Gasteiger partial charge on any atom is 0.203 e. The van der Waals surface area contributed by atoms with E-state index in [0.717, 1.165) is 16.9 Å². The lowest BCUT2D eigenvalue weighted by atomic mass is 10.2. The standard InChI is InChI=1S/C21H19N5OS2/c1-14-8-10-16(11-9-14)23-21(28)25-24-15(2)18(12-22)20-26(19(27)13-29-20)17-6-4-3-5-7-17/h3-11,13,27H,1-2H3,(H2,23,25,28)/b20-18-,24-15-. The van der Waals surface area contributed by atoms with Crippen molar-refractivity contribution in [3.05, 3.63) is 82.1 Å². The molecule has 1 heterocycles. The van der Waals surface area contributed by atoms with E-state index in [-0.39, 0.29) is 5.88 Å². The summed E-state index contributed by atoms with van der Waals surface area (Å²) in [4.78, 5) is 1.62. The van der Waals surface area contributed by atoms with Crippen molar-refractivity contribution >= 4 is 46.2 Å². The Hall–Kier alpha value is -3.28. The Labute approximate surface area is 179 Å². The van der Waals surface area contributed by atoms with Crippen LogP contribution < -0.4 is 15.6 Å². The van der Waals surface area contributed by atoms with Crippen LogP contribution in [0.1, 0.15) is 12.5 Å². The summed E-state index contributed by atoms with van der Waals surface area (Å²) in [7, 11) is 0. The van der Waals surface area contributed by atoms with Gasteiger partial charge < -0.3 is 10.4 Å². The van der Waals surface area contributed by atoms with Gasteiger partial charge in [0.1, 0.15) is 16.7 Å². The molecule has 0 aromatic heterocycles. The average molecular weight is 422 g/mol. The predicted octanol–water partition coefficient (Wildman–Crippen LogP) is 5.00. The predicted molar refractivity (Wildman–Crippen MR) is 124 cm³/mol. The minimum atomic E-state index is 0.0567. The van der Waals surface area contributed by atoms with Crippen LogP contribution >= 0.6 is 24.0 Å². The van der Waals surface area contributed by atoms with Gasteiger partial charge in [0.15, 0.2) is 5.11 Å². The molecule has 8 heteroatoms. The minimum absolute atomic E-state index is 0.0567. The van der Waals surface area contributed by atoms with Gasteiger partial charge in [-0.2, -0.15) is 10.4 Å².